The fourth-order valence-electron chi connectivity index (χ4n) is 2.90. The molecule has 1 aliphatic rings. The lowest BCUT2D eigenvalue weighted by Gasteiger charge is -2.33. The topological polar surface area (TPSA) is 15.3 Å². The molecule has 0 saturated carbocycles. The predicted molar refractivity (Wildman–Crippen MR) is 84.7 cm³/mol. The third kappa shape index (κ3) is 3.63. The monoisotopic (exact) mass is 302 g/mol. The minimum absolute atomic E-state index is 0.144. The summed E-state index contributed by atoms with van der Waals surface area (Å²) >= 11 is 0. The second-order valence-electron chi connectivity index (χ2n) is 5.77. The molecule has 1 saturated heterocycles. The molecule has 116 valence electrons. The first-order chi connectivity index (χ1) is 10.7. The van der Waals surface area contributed by atoms with Gasteiger partial charge in [0.25, 0.3) is 0 Å². The van der Waals surface area contributed by atoms with E-state index in [1.54, 1.807) is 18.2 Å². The normalized spacial score (nSPS) is 16.6. The van der Waals surface area contributed by atoms with Crippen molar-refractivity contribution in [3.8, 4) is 0 Å². The van der Waals surface area contributed by atoms with Crippen LogP contribution in [0.2, 0.25) is 0 Å². The lowest BCUT2D eigenvalue weighted by atomic mass is 10.0. The van der Waals surface area contributed by atoms with Crippen LogP contribution in [0.5, 0.6) is 0 Å². The molecule has 0 amide bonds. The molecule has 1 aliphatic heterocycles. The van der Waals surface area contributed by atoms with Crippen LogP contribution in [-0.2, 0) is 6.54 Å². The van der Waals surface area contributed by atoms with Crippen molar-refractivity contribution >= 4 is 5.69 Å². The molecule has 0 aromatic heterocycles. The van der Waals surface area contributed by atoms with Crippen LogP contribution in [0.25, 0.3) is 0 Å². The largest absolute Gasteiger partial charge is 0.380 e. The summed E-state index contributed by atoms with van der Waals surface area (Å²) in [6.07, 6.45) is 1.87. The maximum Gasteiger partial charge on any atom is 0.146 e. The Balaban J connectivity index is 1.52. The summed E-state index contributed by atoms with van der Waals surface area (Å²) in [6.45, 7) is 2.42. The second-order valence-corrected chi connectivity index (χ2v) is 5.77. The van der Waals surface area contributed by atoms with Crippen molar-refractivity contribution in [2.75, 3.05) is 18.4 Å². The molecule has 0 atom stereocenters. The van der Waals surface area contributed by atoms with Gasteiger partial charge in [-0.2, -0.15) is 0 Å². The maximum absolute atomic E-state index is 13.7. The van der Waals surface area contributed by atoms with Gasteiger partial charge in [-0.3, -0.25) is 4.90 Å². The number of hydrogen-bond acceptors (Lipinski definition) is 2. The molecule has 1 N–H and O–H groups in total. The van der Waals surface area contributed by atoms with Crippen molar-refractivity contribution in [3.63, 3.8) is 0 Å². The molecule has 0 spiro atoms. The fourth-order valence-corrected chi connectivity index (χ4v) is 2.90. The van der Waals surface area contributed by atoms with E-state index in [0.717, 1.165) is 31.5 Å². The highest BCUT2D eigenvalue weighted by Crippen LogP contribution is 2.20. The van der Waals surface area contributed by atoms with Gasteiger partial charge < -0.3 is 5.32 Å². The van der Waals surface area contributed by atoms with Gasteiger partial charge in [0.1, 0.15) is 11.6 Å². The average molecular weight is 302 g/mol. The third-order valence-corrected chi connectivity index (χ3v) is 4.17. The number of hydrogen-bond donors (Lipinski definition) is 1. The smallest absolute Gasteiger partial charge is 0.146 e. The van der Waals surface area contributed by atoms with Gasteiger partial charge in [0.2, 0.25) is 0 Å². The molecular formula is C18H20F2N2. The summed E-state index contributed by atoms with van der Waals surface area (Å²) < 4.78 is 27.3. The Morgan fingerprint density at radius 1 is 0.909 bits per heavy atom. The molecule has 3 rings (SSSR count). The molecule has 1 fully saturated rings. The zero-order valence-electron chi connectivity index (χ0n) is 12.4. The van der Waals surface area contributed by atoms with Gasteiger partial charge in [-0.15, -0.1) is 0 Å². The first-order valence-electron chi connectivity index (χ1n) is 7.69. The van der Waals surface area contributed by atoms with Gasteiger partial charge in [0, 0.05) is 31.2 Å². The average Bonchev–Trinajstić information content (AvgIpc) is 2.54. The lowest BCUT2D eigenvalue weighted by Crippen LogP contribution is -2.38. The summed E-state index contributed by atoms with van der Waals surface area (Å²) in [5.74, 6) is -0.356. The highest BCUT2D eigenvalue weighted by atomic mass is 19.1. The van der Waals surface area contributed by atoms with Crippen molar-refractivity contribution in [3.05, 3.63) is 65.7 Å². The van der Waals surface area contributed by atoms with Gasteiger partial charge in [-0.05, 0) is 31.0 Å². The van der Waals surface area contributed by atoms with Crippen molar-refractivity contribution in [2.24, 2.45) is 0 Å². The predicted octanol–water partition coefficient (Wildman–Crippen LogP) is 4.04. The van der Waals surface area contributed by atoms with E-state index in [2.05, 4.69) is 10.2 Å². The van der Waals surface area contributed by atoms with E-state index in [4.69, 9.17) is 0 Å². The van der Waals surface area contributed by atoms with Crippen LogP contribution in [0.1, 0.15) is 18.4 Å². The van der Waals surface area contributed by atoms with E-state index < -0.39 is 0 Å². The van der Waals surface area contributed by atoms with Crippen molar-refractivity contribution in [1.82, 2.24) is 4.90 Å². The minimum atomic E-state index is -0.212. The first kappa shape index (κ1) is 15.0. The Bertz CT molecular complexity index is 566. The van der Waals surface area contributed by atoms with Gasteiger partial charge in [-0.25, -0.2) is 8.78 Å². The Hall–Kier alpha value is -1.94. The summed E-state index contributed by atoms with van der Waals surface area (Å²) in [5.41, 5.74) is 1.30. The summed E-state index contributed by atoms with van der Waals surface area (Å²) in [6, 6.07) is 13.9. The van der Waals surface area contributed by atoms with Gasteiger partial charge >= 0.3 is 0 Å². The highest BCUT2D eigenvalue weighted by Gasteiger charge is 2.20. The maximum atomic E-state index is 13.7. The van der Waals surface area contributed by atoms with Crippen LogP contribution in [-0.4, -0.2) is 24.0 Å². The van der Waals surface area contributed by atoms with Crippen molar-refractivity contribution in [1.29, 1.82) is 0 Å². The molecular weight excluding hydrogens is 282 g/mol. The second kappa shape index (κ2) is 6.88. The molecule has 0 aliphatic carbocycles. The number of anilines is 1. The number of piperidine rings is 1. The highest BCUT2D eigenvalue weighted by molar-refractivity contribution is 5.45. The molecule has 0 unspecified atom stereocenters. The Morgan fingerprint density at radius 2 is 1.55 bits per heavy atom. The number of rotatable bonds is 4. The molecule has 2 aromatic carbocycles. The van der Waals surface area contributed by atoms with E-state index in [0.29, 0.717) is 12.2 Å². The van der Waals surface area contributed by atoms with E-state index in [1.807, 2.05) is 18.2 Å². The standard InChI is InChI=1S/C18H20F2N2/c19-16-6-2-1-5-14(16)13-22-11-9-15(10-12-22)21-18-8-4-3-7-17(18)20/h1-8,15,21H,9-13H2. The number of benzene rings is 2. The fraction of sp³-hybridized carbons (Fsp3) is 0.333. The Kier molecular flexibility index (Phi) is 4.68. The number of nitrogens with one attached hydrogen (secondary N) is 1. The van der Waals surface area contributed by atoms with Gasteiger partial charge in [0.15, 0.2) is 0 Å². The zero-order chi connectivity index (χ0) is 15.4. The number of nitrogens with zero attached hydrogens (tertiary/aromatic N) is 1. The van der Waals surface area contributed by atoms with Crippen molar-refractivity contribution in [2.45, 2.75) is 25.4 Å². The summed E-state index contributed by atoms with van der Waals surface area (Å²) in [5, 5.41) is 3.27. The molecule has 0 bridgehead atoms. The van der Waals surface area contributed by atoms with Crippen LogP contribution in [0.3, 0.4) is 0 Å². The zero-order valence-corrected chi connectivity index (χ0v) is 12.4. The lowest BCUT2D eigenvalue weighted by molar-refractivity contribution is 0.209. The SMILES string of the molecule is Fc1ccccc1CN1CCC(Nc2ccccc2F)CC1. The van der Waals surface area contributed by atoms with Crippen LogP contribution in [0.4, 0.5) is 14.5 Å². The van der Waals surface area contributed by atoms with E-state index in [1.165, 1.54) is 12.1 Å². The molecule has 0 radical (unpaired) electrons. The molecule has 2 aromatic rings. The van der Waals surface area contributed by atoms with Gasteiger partial charge in [-0.1, -0.05) is 30.3 Å². The van der Waals surface area contributed by atoms with Gasteiger partial charge in [0.05, 0.1) is 5.69 Å². The van der Waals surface area contributed by atoms with Crippen molar-refractivity contribution < 1.29 is 8.78 Å². The van der Waals surface area contributed by atoms with Crippen LogP contribution >= 0.6 is 0 Å². The van der Waals surface area contributed by atoms with E-state index in [9.17, 15) is 8.78 Å². The summed E-state index contributed by atoms with van der Waals surface area (Å²) in [4.78, 5) is 2.25. The minimum Gasteiger partial charge on any atom is -0.380 e. The molecule has 4 heteroatoms. The number of likely N-dealkylation sites (tertiary alicyclic amines) is 1. The Labute approximate surface area is 129 Å². The third-order valence-electron chi connectivity index (χ3n) is 4.17. The molecule has 22 heavy (non-hydrogen) atoms. The first-order valence-corrected chi connectivity index (χ1v) is 7.69. The molecule has 1 heterocycles. The number of halogens is 2. The van der Waals surface area contributed by atoms with E-state index in [-0.39, 0.29) is 17.7 Å². The summed E-state index contributed by atoms with van der Waals surface area (Å²) in [7, 11) is 0. The van der Waals surface area contributed by atoms with E-state index >= 15 is 0 Å². The molecule has 2 nitrogen and oxygen atoms in total. The number of para-hydroxylation sites is 1. The van der Waals surface area contributed by atoms with Crippen LogP contribution in [0.15, 0.2) is 48.5 Å². The quantitative estimate of drug-likeness (QED) is 0.917. The van der Waals surface area contributed by atoms with Crippen LogP contribution < -0.4 is 5.32 Å². The van der Waals surface area contributed by atoms with Crippen LogP contribution in [0, 0.1) is 11.6 Å². The Morgan fingerprint density at radius 3 is 2.23 bits per heavy atom.